The van der Waals surface area contributed by atoms with Crippen LogP contribution in [0.25, 0.3) is 22.6 Å². The van der Waals surface area contributed by atoms with E-state index >= 15 is 0 Å². The fraction of sp³-hybridized carbons (Fsp3) is 0. The second-order valence-corrected chi connectivity index (χ2v) is 3.83. The summed E-state index contributed by atoms with van der Waals surface area (Å²) in [5.74, 6) is -0.613. The summed E-state index contributed by atoms with van der Waals surface area (Å²) in [7, 11) is 0. The molecule has 0 radical (unpaired) electrons. The molecule has 1 aromatic rings. The third kappa shape index (κ3) is 1.36. The molecule has 0 unspecified atom stereocenters. The highest BCUT2D eigenvalue weighted by atomic mass is 16.3. The van der Waals surface area contributed by atoms with Gasteiger partial charge in [0, 0.05) is 12.1 Å². The van der Waals surface area contributed by atoms with Gasteiger partial charge in [0.15, 0.2) is 17.1 Å². The Balaban J connectivity index is 2.54. The molecular formula is C12H7NO5. The standard InChI is InChI=1S/C12H7NO5/c14-5-1-2-6-8(3-5)18-9-4-7(15)11(16)12(17)10(9)13-6/h1-4,13-14,17H. The van der Waals surface area contributed by atoms with Crippen molar-refractivity contribution in [3.05, 3.63) is 44.7 Å². The van der Waals surface area contributed by atoms with E-state index in [9.17, 15) is 19.8 Å². The largest absolute Gasteiger partial charge is 0.508 e. The van der Waals surface area contributed by atoms with E-state index in [1.165, 1.54) is 18.2 Å². The molecule has 1 aliphatic heterocycles. The maximum atomic E-state index is 11.3. The average Bonchev–Trinajstić information content (AvgIpc) is 2.34. The first-order valence-corrected chi connectivity index (χ1v) is 5.08. The molecule has 0 spiro atoms. The maximum Gasteiger partial charge on any atom is 0.269 e. The molecule has 2 aliphatic rings. The number of aromatic nitrogens is 1. The molecule has 18 heavy (non-hydrogen) atoms. The highest BCUT2D eigenvalue weighted by molar-refractivity contribution is 5.79. The fourth-order valence-electron chi connectivity index (χ4n) is 1.76. The van der Waals surface area contributed by atoms with Crippen molar-refractivity contribution in [3.63, 3.8) is 0 Å². The van der Waals surface area contributed by atoms with Gasteiger partial charge in [-0.1, -0.05) is 0 Å². The van der Waals surface area contributed by atoms with E-state index in [-0.39, 0.29) is 17.2 Å². The fourth-order valence-corrected chi connectivity index (χ4v) is 1.76. The second kappa shape index (κ2) is 3.36. The molecule has 0 saturated carbocycles. The lowest BCUT2D eigenvalue weighted by molar-refractivity contribution is 0.464. The van der Waals surface area contributed by atoms with Crippen molar-refractivity contribution in [2.24, 2.45) is 0 Å². The van der Waals surface area contributed by atoms with Crippen molar-refractivity contribution in [2.45, 2.75) is 0 Å². The molecule has 3 rings (SSSR count). The van der Waals surface area contributed by atoms with E-state index in [2.05, 4.69) is 4.98 Å². The van der Waals surface area contributed by atoms with E-state index in [4.69, 9.17) is 4.42 Å². The highest BCUT2D eigenvalue weighted by Crippen LogP contribution is 2.29. The summed E-state index contributed by atoms with van der Waals surface area (Å²) >= 11 is 0. The molecule has 6 nitrogen and oxygen atoms in total. The lowest BCUT2D eigenvalue weighted by atomic mass is 10.2. The number of phenols is 2. The molecule has 0 amide bonds. The first-order valence-electron chi connectivity index (χ1n) is 5.08. The summed E-state index contributed by atoms with van der Waals surface area (Å²) < 4.78 is 5.35. The molecule has 6 heteroatoms. The van der Waals surface area contributed by atoms with Crippen LogP contribution in [0.1, 0.15) is 0 Å². The SMILES string of the molecule is O=c1cc2oc3cc(O)ccc3[nH]c-2c(O)c1=O. The van der Waals surface area contributed by atoms with Crippen LogP contribution >= 0.6 is 0 Å². The number of nitrogens with one attached hydrogen (secondary N) is 1. The van der Waals surface area contributed by atoms with Crippen LogP contribution < -0.4 is 10.9 Å². The van der Waals surface area contributed by atoms with Crippen molar-refractivity contribution in [3.8, 4) is 23.0 Å². The third-order valence-corrected chi connectivity index (χ3v) is 2.63. The average molecular weight is 245 g/mol. The number of benzene rings is 2. The van der Waals surface area contributed by atoms with E-state index < -0.39 is 16.6 Å². The van der Waals surface area contributed by atoms with Crippen molar-refractivity contribution >= 4 is 11.1 Å². The van der Waals surface area contributed by atoms with Crippen LogP contribution in [0.15, 0.2) is 38.3 Å². The van der Waals surface area contributed by atoms with Crippen molar-refractivity contribution in [1.29, 1.82) is 0 Å². The number of phenolic OH excluding ortho intramolecular Hbond substituents is 2. The zero-order valence-electron chi connectivity index (χ0n) is 8.93. The predicted octanol–water partition coefficient (Wildman–Crippen LogP) is 0.997. The molecule has 0 aromatic heterocycles. The number of aromatic amines is 1. The summed E-state index contributed by atoms with van der Waals surface area (Å²) in [5, 5.41) is 18.9. The predicted molar refractivity (Wildman–Crippen MR) is 63.1 cm³/mol. The smallest absolute Gasteiger partial charge is 0.269 e. The second-order valence-electron chi connectivity index (χ2n) is 3.83. The summed E-state index contributed by atoms with van der Waals surface area (Å²) in [6, 6.07) is 5.31. The van der Waals surface area contributed by atoms with Gasteiger partial charge in [-0.15, -0.1) is 0 Å². The van der Waals surface area contributed by atoms with E-state index in [0.29, 0.717) is 11.1 Å². The van der Waals surface area contributed by atoms with Gasteiger partial charge in [-0.25, -0.2) is 0 Å². The molecule has 0 bridgehead atoms. The molecule has 0 saturated heterocycles. The van der Waals surface area contributed by atoms with Crippen LogP contribution in [-0.4, -0.2) is 15.2 Å². The first-order chi connectivity index (χ1) is 8.56. The minimum absolute atomic E-state index is 0.00557. The molecule has 1 aliphatic carbocycles. The van der Waals surface area contributed by atoms with Gasteiger partial charge in [0.25, 0.3) is 5.43 Å². The van der Waals surface area contributed by atoms with Gasteiger partial charge >= 0.3 is 0 Å². The zero-order chi connectivity index (χ0) is 12.9. The van der Waals surface area contributed by atoms with Crippen LogP contribution in [0.3, 0.4) is 0 Å². The lowest BCUT2D eigenvalue weighted by Crippen LogP contribution is -2.23. The van der Waals surface area contributed by atoms with Gasteiger partial charge in [0.2, 0.25) is 5.43 Å². The third-order valence-electron chi connectivity index (χ3n) is 2.63. The van der Waals surface area contributed by atoms with E-state index in [1.807, 2.05) is 0 Å². The van der Waals surface area contributed by atoms with Gasteiger partial charge in [0.1, 0.15) is 11.4 Å². The molecule has 1 aromatic carbocycles. The Morgan fingerprint density at radius 1 is 1.11 bits per heavy atom. The number of H-pyrrole nitrogens is 1. The molecule has 1 heterocycles. The Labute approximate surface area is 99.1 Å². The Bertz CT molecular complexity index is 845. The molecule has 3 N–H and O–H groups in total. The Kier molecular flexibility index (Phi) is 1.94. The normalized spacial score (nSPS) is 11.1. The molecule has 0 atom stereocenters. The summed E-state index contributed by atoms with van der Waals surface area (Å²) in [5.41, 5.74) is -0.991. The first kappa shape index (κ1) is 10.4. The lowest BCUT2D eigenvalue weighted by Gasteiger charge is -2.08. The summed E-state index contributed by atoms with van der Waals surface area (Å²) in [6.07, 6.45) is 0. The van der Waals surface area contributed by atoms with Gasteiger partial charge in [0.05, 0.1) is 5.52 Å². The number of hydrogen-bond acceptors (Lipinski definition) is 5. The van der Waals surface area contributed by atoms with E-state index in [0.717, 1.165) is 6.07 Å². The van der Waals surface area contributed by atoms with Crippen molar-refractivity contribution in [1.82, 2.24) is 4.98 Å². The van der Waals surface area contributed by atoms with Crippen LogP contribution in [0.4, 0.5) is 0 Å². The van der Waals surface area contributed by atoms with Gasteiger partial charge in [-0.3, -0.25) is 9.59 Å². The number of rotatable bonds is 0. The maximum absolute atomic E-state index is 11.3. The van der Waals surface area contributed by atoms with Crippen LogP contribution in [0.2, 0.25) is 0 Å². The van der Waals surface area contributed by atoms with Crippen molar-refractivity contribution < 1.29 is 14.6 Å². The minimum atomic E-state index is -0.980. The van der Waals surface area contributed by atoms with Crippen LogP contribution in [0.5, 0.6) is 11.5 Å². The van der Waals surface area contributed by atoms with Crippen LogP contribution in [0, 0.1) is 0 Å². The van der Waals surface area contributed by atoms with Gasteiger partial charge in [-0.05, 0) is 12.1 Å². The van der Waals surface area contributed by atoms with E-state index in [1.54, 1.807) is 0 Å². The number of fused-ring (bicyclic) bond motifs is 2. The Morgan fingerprint density at radius 3 is 2.67 bits per heavy atom. The molecule has 90 valence electrons. The summed E-state index contributed by atoms with van der Waals surface area (Å²) in [4.78, 5) is 25.3. The quantitative estimate of drug-likeness (QED) is 0.405. The van der Waals surface area contributed by atoms with Gasteiger partial charge < -0.3 is 19.6 Å². The monoisotopic (exact) mass is 245 g/mol. The van der Waals surface area contributed by atoms with Crippen LogP contribution in [-0.2, 0) is 0 Å². The van der Waals surface area contributed by atoms with Gasteiger partial charge in [-0.2, -0.15) is 0 Å². The zero-order valence-corrected chi connectivity index (χ0v) is 8.93. The number of aromatic hydroxyl groups is 2. The van der Waals surface area contributed by atoms with Crippen molar-refractivity contribution in [2.75, 3.05) is 0 Å². The minimum Gasteiger partial charge on any atom is -0.508 e. The summed E-state index contributed by atoms with van der Waals surface area (Å²) in [6.45, 7) is 0. The molecule has 0 fully saturated rings. The number of hydrogen-bond donors (Lipinski definition) is 3. The Hall–Kier alpha value is -2.76. The molecular weight excluding hydrogens is 238 g/mol. The Morgan fingerprint density at radius 2 is 1.89 bits per heavy atom. The highest BCUT2D eigenvalue weighted by Gasteiger charge is 2.17. The topological polar surface area (TPSA) is 104 Å².